The van der Waals surface area contributed by atoms with Crippen molar-refractivity contribution >= 4 is 5.91 Å². The third-order valence-electron chi connectivity index (χ3n) is 4.05. The van der Waals surface area contributed by atoms with E-state index in [0.29, 0.717) is 12.3 Å². The first-order valence-corrected chi connectivity index (χ1v) is 7.55. The minimum absolute atomic E-state index is 0.147. The molecule has 1 aliphatic heterocycles. The number of nitrogens with one attached hydrogen (secondary N) is 1. The maximum absolute atomic E-state index is 11.9. The summed E-state index contributed by atoms with van der Waals surface area (Å²) < 4.78 is 5.42. The summed E-state index contributed by atoms with van der Waals surface area (Å²) in [7, 11) is 0. The molecular weight excluding hydrogens is 250 g/mol. The Morgan fingerprint density at radius 2 is 2.20 bits per heavy atom. The molecule has 1 heterocycles. The van der Waals surface area contributed by atoms with E-state index in [-0.39, 0.29) is 5.91 Å². The van der Waals surface area contributed by atoms with Crippen molar-refractivity contribution in [3.63, 3.8) is 0 Å². The van der Waals surface area contributed by atoms with Crippen molar-refractivity contribution in [1.29, 1.82) is 0 Å². The molecule has 0 bridgehead atoms. The maximum Gasteiger partial charge on any atom is 0.220 e. The van der Waals surface area contributed by atoms with Crippen molar-refractivity contribution in [1.82, 2.24) is 5.32 Å². The third kappa shape index (κ3) is 4.64. The van der Waals surface area contributed by atoms with Crippen LogP contribution in [0.3, 0.4) is 0 Å². The number of amides is 1. The van der Waals surface area contributed by atoms with E-state index in [2.05, 4.69) is 37.4 Å². The van der Waals surface area contributed by atoms with E-state index in [1.165, 1.54) is 16.7 Å². The number of carbonyl (C=O) groups is 1. The fourth-order valence-corrected chi connectivity index (χ4v) is 2.53. The van der Waals surface area contributed by atoms with Crippen LogP contribution in [0.25, 0.3) is 0 Å². The molecule has 1 atom stereocenters. The monoisotopic (exact) mass is 275 g/mol. The van der Waals surface area contributed by atoms with Crippen LogP contribution in [0.4, 0.5) is 0 Å². The van der Waals surface area contributed by atoms with Gasteiger partial charge in [0.25, 0.3) is 0 Å². The molecule has 1 N–H and O–H groups in total. The first-order chi connectivity index (χ1) is 9.65. The smallest absolute Gasteiger partial charge is 0.220 e. The van der Waals surface area contributed by atoms with E-state index in [1.54, 1.807) is 0 Å². The van der Waals surface area contributed by atoms with Gasteiger partial charge in [0, 0.05) is 19.6 Å². The zero-order valence-electron chi connectivity index (χ0n) is 12.6. The van der Waals surface area contributed by atoms with Gasteiger partial charge in [-0.1, -0.05) is 18.2 Å². The summed E-state index contributed by atoms with van der Waals surface area (Å²) in [6.45, 7) is 6.64. The molecule has 2 rings (SSSR count). The minimum atomic E-state index is 0.147. The number of hydrogen-bond donors (Lipinski definition) is 1. The topological polar surface area (TPSA) is 38.3 Å². The highest BCUT2D eigenvalue weighted by Gasteiger charge is 2.14. The molecule has 0 aromatic heterocycles. The molecule has 3 nitrogen and oxygen atoms in total. The van der Waals surface area contributed by atoms with Crippen LogP contribution in [0.5, 0.6) is 0 Å². The Bertz CT molecular complexity index is 450. The van der Waals surface area contributed by atoms with Crippen molar-refractivity contribution in [2.24, 2.45) is 5.92 Å². The predicted octanol–water partition coefficient (Wildman–Crippen LogP) is 2.78. The van der Waals surface area contributed by atoms with Crippen molar-refractivity contribution in [3.8, 4) is 0 Å². The number of rotatable bonds is 5. The molecular formula is C17H25NO2. The molecule has 1 aliphatic rings. The molecule has 3 heteroatoms. The average Bonchev–Trinajstić information content (AvgIpc) is 2.47. The highest BCUT2D eigenvalue weighted by Crippen LogP contribution is 2.13. The average molecular weight is 275 g/mol. The summed E-state index contributed by atoms with van der Waals surface area (Å²) in [4.78, 5) is 11.9. The third-order valence-corrected chi connectivity index (χ3v) is 4.05. The highest BCUT2D eigenvalue weighted by molar-refractivity contribution is 5.76. The second kappa shape index (κ2) is 7.44. The first kappa shape index (κ1) is 15.0. The molecule has 1 fully saturated rings. The molecule has 1 aromatic rings. The van der Waals surface area contributed by atoms with Gasteiger partial charge in [-0.05, 0) is 55.7 Å². The lowest BCUT2D eigenvalue weighted by Crippen LogP contribution is -2.33. The van der Waals surface area contributed by atoms with E-state index in [0.717, 1.165) is 39.0 Å². The summed E-state index contributed by atoms with van der Waals surface area (Å²) in [6, 6.07) is 6.42. The van der Waals surface area contributed by atoms with E-state index in [9.17, 15) is 4.79 Å². The Hall–Kier alpha value is -1.35. The van der Waals surface area contributed by atoms with Gasteiger partial charge in [0.1, 0.15) is 0 Å². The van der Waals surface area contributed by atoms with Crippen LogP contribution in [-0.4, -0.2) is 25.7 Å². The van der Waals surface area contributed by atoms with Crippen molar-refractivity contribution < 1.29 is 9.53 Å². The van der Waals surface area contributed by atoms with Crippen LogP contribution < -0.4 is 5.32 Å². The van der Waals surface area contributed by atoms with Crippen LogP contribution in [-0.2, 0) is 16.0 Å². The number of carbonyl (C=O) groups excluding carboxylic acids is 1. The molecule has 0 saturated carbocycles. The zero-order chi connectivity index (χ0) is 14.4. The summed E-state index contributed by atoms with van der Waals surface area (Å²) in [6.07, 6.45) is 3.66. The van der Waals surface area contributed by atoms with Gasteiger partial charge in [-0.25, -0.2) is 0 Å². The first-order valence-electron chi connectivity index (χ1n) is 7.55. The lowest BCUT2D eigenvalue weighted by atomic mass is 10.0. The molecule has 110 valence electrons. The van der Waals surface area contributed by atoms with Gasteiger partial charge in [0.2, 0.25) is 5.91 Å². The van der Waals surface area contributed by atoms with Crippen LogP contribution >= 0.6 is 0 Å². The van der Waals surface area contributed by atoms with Crippen LogP contribution in [0.2, 0.25) is 0 Å². The lowest BCUT2D eigenvalue weighted by Gasteiger charge is -2.22. The molecule has 1 saturated heterocycles. The minimum Gasteiger partial charge on any atom is -0.381 e. The number of hydrogen-bond acceptors (Lipinski definition) is 2. The van der Waals surface area contributed by atoms with E-state index in [1.807, 2.05) is 0 Å². The Morgan fingerprint density at radius 3 is 2.90 bits per heavy atom. The summed E-state index contributed by atoms with van der Waals surface area (Å²) in [5.41, 5.74) is 3.84. The van der Waals surface area contributed by atoms with Gasteiger partial charge in [-0.3, -0.25) is 4.79 Å². The Balaban J connectivity index is 1.70. The summed E-state index contributed by atoms with van der Waals surface area (Å²) >= 11 is 0. The van der Waals surface area contributed by atoms with Gasteiger partial charge < -0.3 is 10.1 Å². The van der Waals surface area contributed by atoms with Gasteiger partial charge >= 0.3 is 0 Å². The maximum atomic E-state index is 11.9. The van der Waals surface area contributed by atoms with Gasteiger partial charge in [-0.2, -0.15) is 0 Å². The summed E-state index contributed by atoms with van der Waals surface area (Å²) in [5.74, 6) is 0.642. The number of benzene rings is 1. The van der Waals surface area contributed by atoms with Crippen LogP contribution in [0.15, 0.2) is 18.2 Å². The fourth-order valence-electron chi connectivity index (χ4n) is 2.53. The fraction of sp³-hybridized carbons (Fsp3) is 0.588. The largest absolute Gasteiger partial charge is 0.381 e. The number of aryl methyl sites for hydroxylation is 3. The Morgan fingerprint density at radius 1 is 1.35 bits per heavy atom. The molecule has 0 unspecified atom stereocenters. The molecule has 0 radical (unpaired) electrons. The Kier molecular flexibility index (Phi) is 5.60. The zero-order valence-corrected chi connectivity index (χ0v) is 12.6. The van der Waals surface area contributed by atoms with Crippen LogP contribution in [0.1, 0.15) is 36.0 Å². The molecule has 1 amide bonds. The normalized spacial score (nSPS) is 18.8. The second-order valence-electron chi connectivity index (χ2n) is 5.81. The molecule has 20 heavy (non-hydrogen) atoms. The highest BCUT2D eigenvalue weighted by atomic mass is 16.5. The van der Waals surface area contributed by atoms with E-state index in [4.69, 9.17) is 4.74 Å². The van der Waals surface area contributed by atoms with Gasteiger partial charge in [0.05, 0.1) is 6.61 Å². The van der Waals surface area contributed by atoms with Crippen LogP contribution in [0, 0.1) is 19.8 Å². The van der Waals surface area contributed by atoms with Crippen molar-refractivity contribution in [3.05, 3.63) is 34.9 Å². The van der Waals surface area contributed by atoms with Gasteiger partial charge in [0.15, 0.2) is 0 Å². The molecule has 0 aliphatic carbocycles. The van der Waals surface area contributed by atoms with E-state index >= 15 is 0 Å². The predicted molar refractivity (Wildman–Crippen MR) is 80.8 cm³/mol. The molecule has 0 spiro atoms. The van der Waals surface area contributed by atoms with Crippen molar-refractivity contribution in [2.75, 3.05) is 19.8 Å². The quantitative estimate of drug-likeness (QED) is 0.897. The van der Waals surface area contributed by atoms with Gasteiger partial charge in [-0.15, -0.1) is 0 Å². The van der Waals surface area contributed by atoms with Crippen molar-refractivity contribution in [2.45, 2.75) is 39.5 Å². The number of ether oxygens (including phenoxy) is 1. The molecule has 1 aromatic carbocycles. The lowest BCUT2D eigenvalue weighted by molar-refractivity contribution is -0.121. The van der Waals surface area contributed by atoms with E-state index < -0.39 is 0 Å². The second-order valence-corrected chi connectivity index (χ2v) is 5.81. The standard InChI is InChI=1S/C17H25NO2/c1-13-5-6-15(10-14(13)2)7-8-17(19)18-11-16-4-3-9-20-12-16/h5-6,10,16H,3-4,7-9,11-12H2,1-2H3,(H,18,19)/t16-/m1/s1. The Labute approximate surface area is 121 Å². The summed E-state index contributed by atoms with van der Waals surface area (Å²) in [5, 5.41) is 3.03. The SMILES string of the molecule is Cc1ccc(CCC(=O)NC[C@H]2CCCOC2)cc1C.